The normalized spacial score (nSPS) is 15.1. The van der Waals surface area contributed by atoms with Crippen LogP contribution in [0.3, 0.4) is 0 Å². The summed E-state index contributed by atoms with van der Waals surface area (Å²) in [7, 11) is 0. The van der Waals surface area contributed by atoms with E-state index < -0.39 is 0 Å². The average Bonchev–Trinajstić information content (AvgIpc) is 3.19. The minimum absolute atomic E-state index is 0.0571. The van der Waals surface area contributed by atoms with Gasteiger partial charge in [-0.25, -0.2) is 0 Å². The van der Waals surface area contributed by atoms with E-state index >= 15 is 0 Å². The van der Waals surface area contributed by atoms with E-state index in [1.165, 1.54) is 9.78 Å². The Morgan fingerprint density at radius 2 is 2.20 bits per heavy atom. The highest BCUT2D eigenvalue weighted by Gasteiger charge is 2.23. The van der Waals surface area contributed by atoms with E-state index in [9.17, 15) is 10.1 Å². The number of anilines is 1. The lowest BCUT2D eigenvalue weighted by Crippen LogP contribution is -3.15. The van der Waals surface area contributed by atoms with Crippen LogP contribution in [0.15, 0.2) is 17.5 Å². The van der Waals surface area contributed by atoms with Gasteiger partial charge in [0.25, 0.3) is 5.91 Å². The molecule has 1 aliphatic heterocycles. The maximum absolute atomic E-state index is 12.5. The van der Waals surface area contributed by atoms with Crippen molar-refractivity contribution < 1.29 is 14.4 Å². The van der Waals surface area contributed by atoms with Crippen LogP contribution in [0.4, 0.5) is 5.82 Å². The first-order valence-electron chi connectivity index (χ1n) is 8.43. The Morgan fingerprint density at radius 1 is 1.44 bits per heavy atom. The molecule has 0 bridgehead atoms. The second-order valence-electron chi connectivity index (χ2n) is 6.30. The van der Waals surface area contributed by atoms with Gasteiger partial charge in [0.1, 0.15) is 25.0 Å². The van der Waals surface area contributed by atoms with Gasteiger partial charge < -0.3 is 19.5 Å². The molecule has 1 fully saturated rings. The van der Waals surface area contributed by atoms with Crippen LogP contribution < -0.4 is 10.2 Å². The molecule has 0 saturated carbocycles. The number of amides is 1. The molecule has 0 spiro atoms. The summed E-state index contributed by atoms with van der Waals surface area (Å²) in [4.78, 5) is 14.9. The van der Waals surface area contributed by atoms with E-state index in [1.807, 2.05) is 29.9 Å². The van der Waals surface area contributed by atoms with Crippen molar-refractivity contribution in [3.8, 4) is 6.07 Å². The van der Waals surface area contributed by atoms with Crippen LogP contribution in [0.1, 0.15) is 21.7 Å². The van der Waals surface area contributed by atoms with Crippen LogP contribution in [-0.4, -0.2) is 43.3 Å². The molecule has 3 rings (SSSR count). The van der Waals surface area contributed by atoms with Crippen molar-refractivity contribution in [1.82, 2.24) is 4.57 Å². The Morgan fingerprint density at radius 3 is 2.84 bits per heavy atom. The van der Waals surface area contributed by atoms with E-state index in [2.05, 4.69) is 17.5 Å². The number of ether oxygens (including phenoxy) is 1. The Kier molecular flexibility index (Phi) is 5.53. The van der Waals surface area contributed by atoms with Gasteiger partial charge in [0, 0.05) is 10.6 Å². The molecular formula is C18H23N4O2S+. The van der Waals surface area contributed by atoms with Gasteiger partial charge in [0.15, 0.2) is 6.54 Å². The molecule has 6 nitrogen and oxygen atoms in total. The molecule has 1 amide bonds. The van der Waals surface area contributed by atoms with Crippen molar-refractivity contribution in [2.24, 2.45) is 0 Å². The molecule has 1 aliphatic rings. The predicted molar refractivity (Wildman–Crippen MR) is 97.1 cm³/mol. The number of aromatic nitrogens is 1. The number of morpholine rings is 1. The van der Waals surface area contributed by atoms with Gasteiger partial charge in [-0.2, -0.15) is 5.26 Å². The van der Waals surface area contributed by atoms with Crippen LogP contribution >= 0.6 is 11.3 Å². The number of nitrogens with zero attached hydrogens (tertiary/aromatic N) is 2. The van der Waals surface area contributed by atoms with Gasteiger partial charge in [-0.1, -0.05) is 6.07 Å². The van der Waals surface area contributed by atoms with Crippen molar-refractivity contribution in [3.63, 3.8) is 0 Å². The zero-order valence-corrected chi connectivity index (χ0v) is 15.4. The number of hydrogen-bond acceptors (Lipinski definition) is 4. The molecule has 2 aromatic rings. The lowest BCUT2D eigenvalue weighted by Gasteiger charge is -2.23. The fourth-order valence-electron chi connectivity index (χ4n) is 3.13. The Bertz CT molecular complexity index is 783. The molecule has 0 atom stereocenters. The van der Waals surface area contributed by atoms with Crippen LogP contribution in [-0.2, 0) is 16.1 Å². The van der Waals surface area contributed by atoms with Crippen molar-refractivity contribution >= 4 is 23.1 Å². The monoisotopic (exact) mass is 359 g/mol. The summed E-state index contributed by atoms with van der Waals surface area (Å²) >= 11 is 1.67. The first-order chi connectivity index (χ1) is 12.1. The Hall–Kier alpha value is -2.14. The fourth-order valence-corrected chi connectivity index (χ4v) is 3.82. The largest absolute Gasteiger partial charge is 0.370 e. The number of carbonyl (C=O) groups is 1. The zero-order chi connectivity index (χ0) is 17.8. The smallest absolute Gasteiger partial charge is 0.280 e. The van der Waals surface area contributed by atoms with E-state index in [-0.39, 0.29) is 5.91 Å². The Labute approximate surface area is 151 Å². The van der Waals surface area contributed by atoms with Gasteiger partial charge in [-0.3, -0.25) is 4.79 Å². The highest BCUT2D eigenvalue weighted by atomic mass is 32.1. The Balaban J connectivity index is 1.82. The number of rotatable bonds is 5. The van der Waals surface area contributed by atoms with E-state index in [1.54, 1.807) is 11.3 Å². The number of nitrogens with one attached hydrogen (secondary N) is 2. The number of hydrogen-bond donors (Lipinski definition) is 2. The summed E-state index contributed by atoms with van der Waals surface area (Å²) in [6.45, 7) is 8.05. The van der Waals surface area contributed by atoms with Gasteiger partial charge in [-0.05, 0) is 30.9 Å². The van der Waals surface area contributed by atoms with Crippen LogP contribution in [0.2, 0.25) is 0 Å². The van der Waals surface area contributed by atoms with Crippen molar-refractivity contribution in [2.75, 3.05) is 38.2 Å². The predicted octanol–water partition coefficient (Wildman–Crippen LogP) is 0.940. The molecule has 0 aromatic carbocycles. The fraction of sp³-hybridized carbons (Fsp3) is 0.444. The third-order valence-electron chi connectivity index (χ3n) is 4.70. The molecule has 2 N–H and O–H groups in total. The summed E-state index contributed by atoms with van der Waals surface area (Å²) in [5.41, 5.74) is 2.49. The second-order valence-corrected chi connectivity index (χ2v) is 7.33. The van der Waals surface area contributed by atoms with Gasteiger partial charge in [0.05, 0.1) is 25.3 Å². The first kappa shape index (κ1) is 17.7. The number of thiophene rings is 1. The summed E-state index contributed by atoms with van der Waals surface area (Å²) in [6, 6.07) is 6.33. The molecule has 132 valence electrons. The van der Waals surface area contributed by atoms with Crippen molar-refractivity contribution in [3.05, 3.63) is 39.2 Å². The van der Waals surface area contributed by atoms with E-state index in [4.69, 9.17) is 4.74 Å². The highest BCUT2D eigenvalue weighted by Crippen LogP contribution is 2.28. The zero-order valence-electron chi connectivity index (χ0n) is 14.6. The standard InChI is InChI=1S/C18H22N4O2S/c1-13-14(2)22(11-15-4-3-9-25-15)18(16(13)10-19)20-17(23)12-21-5-7-24-8-6-21/h3-4,9H,5-8,11-12H2,1-2H3,(H,20,23)/p+1. The summed E-state index contributed by atoms with van der Waals surface area (Å²) < 4.78 is 7.37. The first-order valence-corrected chi connectivity index (χ1v) is 9.31. The lowest BCUT2D eigenvalue weighted by atomic mass is 10.2. The number of carbonyl (C=O) groups excluding carboxylic acids is 1. The van der Waals surface area contributed by atoms with Gasteiger partial charge in [0.2, 0.25) is 0 Å². The van der Waals surface area contributed by atoms with Crippen LogP contribution in [0, 0.1) is 25.2 Å². The molecule has 1 saturated heterocycles. The third-order valence-corrected chi connectivity index (χ3v) is 5.56. The lowest BCUT2D eigenvalue weighted by molar-refractivity contribution is -0.899. The summed E-state index contributed by atoms with van der Waals surface area (Å²) in [5.74, 6) is 0.557. The number of quaternary nitrogens is 1. The number of nitriles is 1. The summed E-state index contributed by atoms with van der Waals surface area (Å²) in [5, 5.41) is 14.6. The molecule has 0 unspecified atom stereocenters. The van der Waals surface area contributed by atoms with E-state index in [0.29, 0.717) is 37.7 Å². The van der Waals surface area contributed by atoms with Gasteiger partial charge >= 0.3 is 0 Å². The van der Waals surface area contributed by atoms with Crippen LogP contribution in [0.5, 0.6) is 0 Å². The third kappa shape index (κ3) is 3.93. The SMILES string of the molecule is Cc1c(C#N)c(NC(=O)C[NH+]2CCOCC2)n(Cc2cccs2)c1C. The van der Waals surface area contributed by atoms with Crippen molar-refractivity contribution in [1.29, 1.82) is 5.26 Å². The topological polar surface area (TPSA) is 71.5 Å². The van der Waals surface area contributed by atoms with Crippen LogP contribution in [0.25, 0.3) is 0 Å². The second kappa shape index (κ2) is 7.83. The molecule has 7 heteroatoms. The minimum Gasteiger partial charge on any atom is -0.370 e. The molecule has 0 aliphatic carbocycles. The van der Waals surface area contributed by atoms with E-state index in [0.717, 1.165) is 24.3 Å². The molecule has 3 heterocycles. The molecular weight excluding hydrogens is 336 g/mol. The molecule has 25 heavy (non-hydrogen) atoms. The van der Waals surface area contributed by atoms with Crippen molar-refractivity contribution in [2.45, 2.75) is 20.4 Å². The highest BCUT2D eigenvalue weighted by molar-refractivity contribution is 7.09. The minimum atomic E-state index is -0.0571. The molecule has 2 aromatic heterocycles. The maximum atomic E-state index is 12.5. The maximum Gasteiger partial charge on any atom is 0.280 e. The summed E-state index contributed by atoms with van der Waals surface area (Å²) in [6.07, 6.45) is 0. The molecule has 0 radical (unpaired) electrons. The quantitative estimate of drug-likeness (QED) is 0.835. The van der Waals surface area contributed by atoms with Gasteiger partial charge in [-0.15, -0.1) is 11.3 Å². The average molecular weight is 359 g/mol.